The first-order valence-electron chi connectivity index (χ1n) is 10.2. The zero-order valence-electron chi connectivity index (χ0n) is 17.3. The van der Waals surface area contributed by atoms with Gasteiger partial charge in [0.25, 0.3) is 0 Å². The van der Waals surface area contributed by atoms with Crippen molar-refractivity contribution in [3.63, 3.8) is 0 Å². The van der Waals surface area contributed by atoms with Crippen molar-refractivity contribution in [2.24, 2.45) is 5.92 Å². The zero-order valence-corrected chi connectivity index (χ0v) is 17.3. The number of hydrogen-bond donors (Lipinski definition) is 0. The number of fused-ring (bicyclic) bond motifs is 1. The summed E-state index contributed by atoms with van der Waals surface area (Å²) < 4.78 is 44.8. The van der Waals surface area contributed by atoms with E-state index in [1.165, 1.54) is 6.07 Å². The molecule has 0 amide bonds. The van der Waals surface area contributed by atoms with Crippen LogP contribution in [0.2, 0.25) is 0 Å². The summed E-state index contributed by atoms with van der Waals surface area (Å²) in [5.74, 6) is 0.883. The van der Waals surface area contributed by atoms with Crippen molar-refractivity contribution in [3.8, 4) is 0 Å². The third-order valence-electron chi connectivity index (χ3n) is 5.74. The van der Waals surface area contributed by atoms with Crippen LogP contribution in [-0.4, -0.2) is 32.9 Å². The summed E-state index contributed by atoms with van der Waals surface area (Å²) >= 11 is 0. The van der Waals surface area contributed by atoms with Crippen LogP contribution in [0.5, 0.6) is 0 Å². The van der Waals surface area contributed by atoms with Crippen molar-refractivity contribution in [1.82, 2.24) is 19.9 Å². The van der Waals surface area contributed by atoms with Gasteiger partial charge in [0.15, 0.2) is 17.1 Å². The fourth-order valence-electron chi connectivity index (χ4n) is 4.31. The lowest BCUT2D eigenvalue weighted by atomic mass is 9.90. The molecular formula is C22H25F3N4O. The molecule has 30 heavy (non-hydrogen) atoms. The van der Waals surface area contributed by atoms with Crippen LogP contribution in [-0.2, 0) is 12.6 Å². The van der Waals surface area contributed by atoms with E-state index >= 15 is 0 Å². The third-order valence-corrected chi connectivity index (χ3v) is 5.74. The molecule has 3 aromatic rings. The quantitative estimate of drug-likeness (QED) is 0.578. The predicted octanol–water partition coefficient (Wildman–Crippen LogP) is 5.27. The maximum Gasteiger partial charge on any atom is 0.433 e. The van der Waals surface area contributed by atoms with Gasteiger partial charge in [-0.15, -0.1) is 0 Å². The number of aromatic nitrogens is 3. The van der Waals surface area contributed by atoms with E-state index in [0.717, 1.165) is 31.6 Å². The molecule has 2 atom stereocenters. The second-order valence-electron chi connectivity index (χ2n) is 8.17. The fourth-order valence-corrected chi connectivity index (χ4v) is 4.31. The molecular weight excluding hydrogens is 393 g/mol. The van der Waals surface area contributed by atoms with Crippen LogP contribution in [0.25, 0.3) is 11.2 Å². The Kier molecular flexibility index (Phi) is 5.53. The Morgan fingerprint density at radius 3 is 2.73 bits per heavy atom. The Morgan fingerprint density at radius 1 is 1.17 bits per heavy atom. The van der Waals surface area contributed by atoms with Crippen molar-refractivity contribution >= 4 is 11.2 Å². The smallest absolute Gasteiger partial charge is 0.433 e. The highest BCUT2D eigenvalue weighted by Gasteiger charge is 2.33. The van der Waals surface area contributed by atoms with Gasteiger partial charge < -0.3 is 4.42 Å². The summed E-state index contributed by atoms with van der Waals surface area (Å²) in [7, 11) is 0. The third kappa shape index (κ3) is 4.48. The molecule has 1 fully saturated rings. The summed E-state index contributed by atoms with van der Waals surface area (Å²) in [6.07, 6.45) is -1.79. The van der Waals surface area contributed by atoms with Gasteiger partial charge in [-0.2, -0.15) is 18.2 Å². The maximum absolute atomic E-state index is 13.1. The van der Waals surface area contributed by atoms with Gasteiger partial charge in [0.1, 0.15) is 5.69 Å². The Labute approximate surface area is 173 Å². The van der Waals surface area contributed by atoms with Gasteiger partial charge in [-0.05, 0) is 75.4 Å². The highest BCUT2D eigenvalue weighted by Crippen LogP contribution is 2.31. The number of nitrogens with zero attached hydrogens (tertiary/aromatic N) is 4. The van der Waals surface area contributed by atoms with Gasteiger partial charge in [0, 0.05) is 25.2 Å². The number of likely N-dealkylation sites (tertiary alicyclic amines) is 1. The highest BCUT2D eigenvalue weighted by atomic mass is 19.4. The second-order valence-corrected chi connectivity index (χ2v) is 8.17. The van der Waals surface area contributed by atoms with Crippen molar-refractivity contribution < 1.29 is 17.6 Å². The summed E-state index contributed by atoms with van der Waals surface area (Å²) in [6.45, 7) is 7.29. The molecule has 0 radical (unpaired) electrons. The minimum absolute atomic E-state index is 0.0964. The van der Waals surface area contributed by atoms with E-state index in [0.29, 0.717) is 40.7 Å². The number of pyridine rings is 2. The molecule has 1 saturated heterocycles. The molecule has 0 saturated carbocycles. The molecule has 5 nitrogen and oxygen atoms in total. The van der Waals surface area contributed by atoms with Gasteiger partial charge in [0.05, 0.1) is 5.69 Å². The molecule has 4 heterocycles. The van der Waals surface area contributed by atoms with Crippen LogP contribution in [0, 0.1) is 19.8 Å². The van der Waals surface area contributed by atoms with Crippen molar-refractivity contribution in [2.75, 3.05) is 13.1 Å². The number of alkyl halides is 3. The second kappa shape index (κ2) is 7.98. The van der Waals surface area contributed by atoms with Gasteiger partial charge in [-0.1, -0.05) is 0 Å². The minimum Gasteiger partial charge on any atom is -0.439 e. The Bertz CT molecular complexity index is 1050. The van der Waals surface area contributed by atoms with Crippen LogP contribution >= 0.6 is 0 Å². The largest absolute Gasteiger partial charge is 0.439 e. The lowest BCUT2D eigenvalue weighted by Crippen LogP contribution is -2.38. The van der Waals surface area contributed by atoms with E-state index in [1.54, 1.807) is 19.9 Å². The van der Waals surface area contributed by atoms with Gasteiger partial charge >= 0.3 is 6.18 Å². The van der Waals surface area contributed by atoms with Crippen LogP contribution in [0.15, 0.2) is 28.7 Å². The molecule has 0 spiro atoms. The van der Waals surface area contributed by atoms with E-state index in [4.69, 9.17) is 4.42 Å². The molecule has 1 aliphatic rings. The topological polar surface area (TPSA) is 55.1 Å². The van der Waals surface area contributed by atoms with Crippen LogP contribution < -0.4 is 0 Å². The molecule has 4 rings (SSSR count). The normalized spacial score (nSPS) is 19.3. The summed E-state index contributed by atoms with van der Waals surface area (Å²) in [5.41, 5.74) is 2.51. The number of rotatable bonds is 4. The average Bonchev–Trinajstić information content (AvgIpc) is 3.05. The first-order valence-corrected chi connectivity index (χ1v) is 10.2. The molecule has 0 aliphatic carbocycles. The number of piperidine rings is 1. The first kappa shape index (κ1) is 20.8. The molecule has 0 N–H and O–H groups in total. The van der Waals surface area contributed by atoms with E-state index in [1.807, 2.05) is 12.1 Å². The molecule has 1 aliphatic heterocycles. The molecule has 8 heteroatoms. The number of hydrogen-bond acceptors (Lipinski definition) is 5. The van der Waals surface area contributed by atoms with E-state index in [9.17, 15) is 13.2 Å². The lowest BCUT2D eigenvalue weighted by molar-refractivity contribution is -0.141. The van der Waals surface area contributed by atoms with Gasteiger partial charge in [-0.25, -0.2) is 9.97 Å². The van der Waals surface area contributed by atoms with Gasteiger partial charge in [-0.3, -0.25) is 4.90 Å². The Hall–Kier alpha value is -2.48. The van der Waals surface area contributed by atoms with E-state index in [2.05, 4.69) is 26.8 Å². The molecule has 160 valence electrons. The Morgan fingerprint density at radius 2 is 1.97 bits per heavy atom. The van der Waals surface area contributed by atoms with E-state index < -0.39 is 11.9 Å². The summed E-state index contributed by atoms with van der Waals surface area (Å²) in [5, 5.41) is 0. The number of halogens is 3. The summed E-state index contributed by atoms with van der Waals surface area (Å²) in [4.78, 5) is 15.0. The van der Waals surface area contributed by atoms with Crippen LogP contribution in [0.3, 0.4) is 0 Å². The number of aryl methyl sites for hydroxylation is 2. The minimum atomic E-state index is -4.42. The average molecular weight is 418 g/mol. The Balaban J connectivity index is 1.48. The van der Waals surface area contributed by atoms with Crippen molar-refractivity contribution in [3.05, 3.63) is 52.8 Å². The van der Waals surface area contributed by atoms with Crippen molar-refractivity contribution in [1.29, 1.82) is 0 Å². The molecule has 0 bridgehead atoms. The summed E-state index contributed by atoms with van der Waals surface area (Å²) in [6, 6.07) is 6.91. The van der Waals surface area contributed by atoms with Crippen LogP contribution in [0.1, 0.15) is 54.3 Å². The number of oxazole rings is 1. The molecule has 0 unspecified atom stereocenters. The monoisotopic (exact) mass is 418 g/mol. The first-order chi connectivity index (χ1) is 14.2. The fraction of sp³-hybridized carbons (Fsp3) is 0.500. The lowest BCUT2D eigenvalue weighted by Gasteiger charge is -2.36. The van der Waals surface area contributed by atoms with Gasteiger partial charge in [0.2, 0.25) is 0 Å². The van der Waals surface area contributed by atoms with Crippen LogP contribution in [0.4, 0.5) is 13.2 Å². The molecule has 3 aromatic heterocycles. The molecule has 0 aromatic carbocycles. The zero-order chi connectivity index (χ0) is 21.5. The van der Waals surface area contributed by atoms with Crippen molar-refractivity contribution in [2.45, 2.75) is 52.3 Å². The highest BCUT2D eigenvalue weighted by molar-refractivity contribution is 5.67. The predicted molar refractivity (Wildman–Crippen MR) is 107 cm³/mol. The maximum atomic E-state index is 13.1. The standard InChI is InChI=1S/C22H25F3N4O/c1-13-9-17(11-20(26-13)22(23,24)25)10-16-5-4-8-29(12-16)14(2)18-6-7-19-21(28-18)27-15(3)30-19/h6-7,9,11,14,16H,4-5,8,10,12H2,1-3H3/t14-,16-/m1/s1. The van der Waals surface area contributed by atoms with E-state index in [-0.39, 0.29) is 6.04 Å². The SMILES string of the molecule is Cc1cc(C[C@H]2CCCN([C@H](C)c3ccc4oc(C)nc4n3)C2)cc(C(F)(F)F)n1.